The number of aromatic nitrogens is 1. The summed E-state index contributed by atoms with van der Waals surface area (Å²) in [4.78, 5) is 20.7. The molecule has 3 heteroatoms. The molecular weight excluding hydrogens is 236 g/mol. The van der Waals surface area contributed by atoms with Crippen LogP contribution in [0.4, 0.5) is 0 Å². The molecule has 1 aromatic heterocycles. The number of ketones is 1. The SMILES string of the molecule is CCCCC/N=C(\C)c1cccc(C(=O)CCC)n1. The van der Waals surface area contributed by atoms with Gasteiger partial charge in [0, 0.05) is 13.0 Å². The van der Waals surface area contributed by atoms with Crippen LogP contribution < -0.4 is 0 Å². The molecule has 3 nitrogen and oxygen atoms in total. The number of pyridine rings is 1. The molecule has 0 bridgehead atoms. The van der Waals surface area contributed by atoms with E-state index in [1.54, 1.807) is 6.07 Å². The Hall–Kier alpha value is -1.51. The molecule has 1 aromatic rings. The molecule has 0 amide bonds. The first-order chi connectivity index (χ1) is 9.19. The van der Waals surface area contributed by atoms with Crippen molar-refractivity contribution in [2.24, 2.45) is 4.99 Å². The molecule has 0 atom stereocenters. The van der Waals surface area contributed by atoms with Gasteiger partial charge in [0.15, 0.2) is 5.78 Å². The van der Waals surface area contributed by atoms with Gasteiger partial charge in [0.25, 0.3) is 0 Å². The Kier molecular flexibility index (Phi) is 7.01. The van der Waals surface area contributed by atoms with Crippen molar-refractivity contribution in [1.29, 1.82) is 0 Å². The Morgan fingerprint density at radius 3 is 2.58 bits per heavy atom. The summed E-state index contributed by atoms with van der Waals surface area (Å²) in [6.07, 6.45) is 4.94. The number of carbonyl (C=O) groups is 1. The Morgan fingerprint density at radius 1 is 1.16 bits per heavy atom. The summed E-state index contributed by atoms with van der Waals surface area (Å²) in [5.74, 6) is 0.114. The van der Waals surface area contributed by atoms with Gasteiger partial charge in [-0.2, -0.15) is 0 Å². The maximum atomic E-state index is 11.8. The first-order valence-corrected chi connectivity index (χ1v) is 7.20. The van der Waals surface area contributed by atoms with Gasteiger partial charge >= 0.3 is 0 Å². The second-order valence-corrected chi connectivity index (χ2v) is 4.76. The Labute approximate surface area is 116 Å². The highest BCUT2D eigenvalue weighted by atomic mass is 16.1. The quantitative estimate of drug-likeness (QED) is 0.402. The van der Waals surface area contributed by atoms with Crippen LogP contribution in [-0.4, -0.2) is 23.0 Å². The lowest BCUT2D eigenvalue weighted by Gasteiger charge is -2.03. The topological polar surface area (TPSA) is 42.3 Å². The highest BCUT2D eigenvalue weighted by Gasteiger charge is 2.07. The molecule has 19 heavy (non-hydrogen) atoms. The zero-order valence-electron chi connectivity index (χ0n) is 12.3. The van der Waals surface area contributed by atoms with Gasteiger partial charge in [-0.05, 0) is 31.9 Å². The van der Waals surface area contributed by atoms with E-state index in [-0.39, 0.29) is 5.78 Å². The molecule has 0 saturated heterocycles. The van der Waals surface area contributed by atoms with E-state index in [0.29, 0.717) is 12.1 Å². The van der Waals surface area contributed by atoms with Gasteiger partial charge < -0.3 is 0 Å². The third-order valence-electron chi connectivity index (χ3n) is 2.99. The van der Waals surface area contributed by atoms with Crippen molar-refractivity contribution >= 4 is 11.5 Å². The second-order valence-electron chi connectivity index (χ2n) is 4.76. The summed E-state index contributed by atoms with van der Waals surface area (Å²) in [5, 5.41) is 0. The molecule has 1 rings (SSSR count). The van der Waals surface area contributed by atoms with Crippen molar-refractivity contribution in [3.8, 4) is 0 Å². The Balaban J connectivity index is 2.72. The minimum Gasteiger partial charge on any atom is -0.292 e. The summed E-state index contributed by atoms with van der Waals surface area (Å²) < 4.78 is 0. The van der Waals surface area contributed by atoms with Crippen LogP contribution >= 0.6 is 0 Å². The van der Waals surface area contributed by atoms with E-state index in [9.17, 15) is 4.79 Å². The predicted octanol–water partition coefficient (Wildman–Crippen LogP) is 4.06. The molecule has 0 unspecified atom stereocenters. The number of rotatable bonds is 8. The number of aliphatic imine (C=N–C) groups is 1. The van der Waals surface area contributed by atoms with Crippen molar-refractivity contribution in [1.82, 2.24) is 4.98 Å². The van der Waals surface area contributed by atoms with Crippen molar-refractivity contribution in [3.63, 3.8) is 0 Å². The number of unbranched alkanes of at least 4 members (excludes halogenated alkanes) is 2. The van der Waals surface area contributed by atoms with Crippen LogP contribution in [0.15, 0.2) is 23.2 Å². The largest absolute Gasteiger partial charge is 0.292 e. The van der Waals surface area contributed by atoms with E-state index in [1.165, 1.54) is 12.8 Å². The van der Waals surface area contributed by atoms with Crippen LogP contribution in [0, 0.1) is 0 Å². The molecule has 0 N–H and O–H groups in total. The molecule has 0 spiro atoms. The fourth-order valence-corrected chi connectivity index (χ4v) is 1.84. The number of Topliss-reactive ketones (excluding diaryl/α,β-unsaturated/α-hetero) is 1. The number of hydrogen-bond acceptors (Lipinski definition) is 3. The summed E-state index contributed by atoms with van der Waals surface area (Å²) in [6, 6.07) is 5.59. The van der Waals surface area contributed by atoms with E-state index in [0.717, 1.165) is 30.8 Å². The zero-order valence-corrected chi connectivity index (χ0v) is 12.3. The molecule has 0 radical (unpaired) electrons. The maximum Gasteiger partial charge on any atom is 0.181 e. The minimum atomic E-state index is 0.114. The molecule has 0 aromatic carbocycles. The van der Waals surface area contributed by atoms with Gasteiger partial charge in [0.1, 0.15) is 5.69 Å². The Bertz CT molecular complexity index is 438. The standard InChI is InChI=1S/C16H24N2O/c1-4-6-7-12-17-13(3)14-10-8-11-15(18-14)16(19)9-5-2/h8,10-11H,4-7,9,12H2,1-3H3/b17-13+. The van der Waals surface area contributed by atoms with Gasteiger partial charge in [-0.25, -0.2) is 4.98 Å². The molecule has 1 heterocycles. The van der Waals surface area contributed by atoms with Crippen molar-refractivity contribution in [2.45, 2.75) is 52.9 Å². The van der Waals surface area contributed by atoms with Gasteiger partial charge in [-0.15, -0.1) is 0 Å². The van der Waals surface area contributed by atoms with E-state index >= 15 is 0 Å². The highest BCUT2D eigenvalue weighted by Crippen LogP contribution is 2.06. The van der Waals surface area contributed by atoms with Crippen LogP contribution in [0.2, 0.25) is 0 Å². The van der Waals surface area contributed by atoms with Crippen molar-refractivity contribution in [2.75, 3.05) is 6.54 Å². The summed E-state index contributed by atoms with van der Waals surface area (Å²) in [7, 11) is 0. The van der Waals surface area contributed by atoms with Crippen molar-refractivity contribution < 1.29 is 4.79 Å². The lowest BCUT2D eigenvalue weighted by Crippen LogP contribution is -2.07. The van der Waals surface area contributed by atoms with Crippen molar-refractivity contribution in [3.05, 3.63) is 29.6 Å². The van der Waals surface area contributed by atoms with Crippen LogP contribution in [0.25, 0.3) is 0 Å². The molecule has 0 aliphatic heterocycles. The monoisotopic (exact) mass is 260 g/mol. The minimum absolute atomic E-state index is 0.114. The third kappa shape index (κ3) is 5.33. The summed E-state index contributed by atoms with van der Waals surface area (Å²) >= 11 is 0. The first-order valence-electron chi connectivity index (χ1n) is 7.20. The normalized spacial score (nSPS) is 11.6. The molecule has 0 saturated carbocycles. The van der Waals surface area contributed by atoms with Gasteiger partial charge in [0.2, 0.25) is 0 Å². The van der Waals surface area contributed by atoms with E-state index < -0.39 is 0 Å². The third-order valence-corrected chi connectivity index (χ3v) is 2.99. The van der Waals surface area contributed by atoms with Crippen LogP contribution in [0.3, 0.4) is 0 Å². The number of nitrogens with zero attached hydrogens (tertiary/aromatic N) is 2. The lowest BCUT2D eigenvalue weighted by atomic mass is 10.1. The zero-order chi connectivity index (χ0) is 14.1. The average Bonchev–Trinajstić information content (AvgIpc) is 2.44. The lowest BCUT2D eigenvalue weighted by molar-refractivity contribution is 0.0977. The smallest absolute Gasteiger partial charge is 0.181 e. The highest BCUT2D eigenvalue weighted by molar-refractivity contribution is 5.99. The fraction of sp³-hybridized carbons (Fsp3) is 0.562. The Morgan fingerprint density at radius 2 is 1.89 bits per heavy atom. The van der Waals surface area contributed by atoms with E-state index in [1.807, 2.05) is 26.0 Å². The molecule has 0 fully saturated rings. The molecule has 0 aliphatic carbocycles. The van der Waals surface area contributed by atoms with Crippen LogP contribution in [0.1, 0.15) is 69.1 Å². The predicted molar refractivity (Wildman–Crippen MR) is 80.1 cm³/mol. The maximum absolute atomic E-state index is 11.8. The van der Waals surface area contributed by atoms with Gasteiger partial charge in [-0.1, -0.05) is 32.8 Å². The molecule has 104 valence electrons. The van der Waals surface area contributed by atoms with Gasteiger partial charge in [0.05, 0.1) is 11.4 Å². The average molecular weight is 260 g/mol. The van der Waals surface area contributed by atoms with Gasteiger partial charge in [-0.3, -0.25) is 9.79 Å². The number of hydrogen-bond donors (Lipinski definition) is 0. The second kappa shape index (κ2) is 8.57. The summed E-state index contributed by atoms with van der Waals surface area (Å²) in [6.45, 7) is 6.99. The fourth-order valence-electron chi connectivity index (χ4n) is 1.84. The van der Waals surface area contributed by atoms with Crippen LogP contribution in [-0.2, 0) is 0 Å². The molecular formula is C16H24N2O. The summed E-state index contributed by atoms with van der Waals surface area (Å²) in [5.41, 5.74) is 2.29. The molecule has 0 aliphatic rings. The van der Waals surface area contributed by atoms with E-state index in [2.05, 4.69) is 16.9 Å². The first kappa shape index (κ1) is 15.5. The number of carbonyl (C=O) groups excluding carboxylic acids is 1. The van der Waals surface area contributed by atoms with E-state index in [4.69, 9.17) is 0 Å². The van der Waals surface area contributed by atoms with Crippen LogP contribution in [0.5, 0.6) is 0 Å².